The molecule has 0 aliphatic heterocycles. The number of hydrazone groups is 1. The van der Waals surface area contributed by atoms with Crippen molar-refractivity contribution < 1.29 is 0 Å². The lowest BCUT2D eigenvalue weighted by atomic mass is 10.2. The first-order chi connectivity index (χ1) is 9.84. The maximum absolute atomic E-state index is 6.36. The van der Waals surface area contributed by atoms with Crippen LogP contribution in [0.15, 0.2) is 65.9 Å². The Bertz CT molecular complexity index is 754. The largest absolute Gasteiger partial charge is 0.279 e. The fourth-order valence-corrected chi connectivity index (χ4v) is 2.16. The van der Waals surface area contributed by atoms with Crippen LogP contribution in [-0.4, -0.2) is 11.2 Å². The Hall–Kier alpha value is -2.39. The maximum Gasteiger partial charge on any atom is 0.0717 e. The number of nitrogens with one attached hydrogen (secondary N) is 1. The van der Waals surface area contributed by atoms with E-state index in [0.717, 1.165) is 22.2 Å². The molecule has 0 atom stereocenters. The first-order valence-electron chi connectivity index (χ1n) is 6.22. The number of rotatable bonds is 3. The topological polar surface area (TPSA) is 37.3 Å². The molecule has 1 heterocycles. The predicted molar refractivity (Wildman–Crippen MR) is 84.4 cm³/mol. The third-order valence-electron chi connectivity index (χ3n) is 2.91. The van der Waals surface area contributed by atoms with Crippen molar-refractivity contribution in [1.82, 2.24) is 4.98 Å². The second kappa shape index (κ2) is 5.72. The van der Waals surface area contributed by atoms with E-state index in [4.69, 9.17) is 11.6 Å². The van der Waals surface area contributed by atoms with Gasteiger partial charge in [-0.25, -0.2) is 0 Å². The number of fused-ring (bicyclic) bond motifs is 1. The predicted octanol–water partition coefficient (Wildman–Crippen LogP) is 4.33. The number of hydrogen-bond donors (Lipinski definition) is 1. The van der Waals surface area contributed by atoms with E-state index in [9.17, 15) is 0 Å². The smallest absolute Gasteiger partial charge is 0.0717 e. The van der Waals surface area contributed by atoms with E-state index >= 15 is 0 Å². The molecule has 0 saturated heterocycles. The molecule has 2 aromatic carbocycles. The van der Waals surface area contributed by atoms with Gasteiger partial charge < -0.3 is 0 Å². The van der Waals surface area contributed by atoms with Gasteiger partial charge in [-0.05, 0) is 18.2 Å². The first kappa shape index (κ1) is 12.6. The van der Waals surface area contributed by atoms with Crippen molar-refractivity contribution in [2.75, 3.05) is 5.43 Å². The van der Waals surface area contributed by atoms with Gasteiger partial charge in [-0.15, -0.1) is 0 Å². The lowest BCUT2D eigenvalue weighted by molar-refractivity contribution is 1.34. The maximum atomic E-state index is 6.36. The zero-order valence-corrected chi connectivity index (χ0v) is 11.4. The summed E-state index contributed by atoms with van der Waals surface area (Å²) in [6.45, 7) is 0. The van der Waals surface area contributed by atoms with Crippen molar-refractivity contribution in [2.24, 2.45) is 5.10 Å². The Labute approximate surface area is 121 Å². The van der Waals surface area contributed by atoms with Crippen molar-refractivity contribution in [2.45, 2.75) is 0 Å². The molecule has 0 spiro atoms. The second-order valence-electron chi connectivity index (χ2n) is 4.28. The van der Waals surface area contributed by atoms with Crippen LogP contribution >= 0.6 is 11.6 Å². The lowest BCUT2D eigenvalue weighted by Crippen LogP contribution is -1.92. The van der Waals surface area contributed by atoms with Crippen LogP contribution in [0.1, 0.15) is 5.56 Å². The number of hydrogen-bond acceptors (Lipinski definition) is 3. The van der Waals surface area contributed by atoms with Gasteiger partial charge >= 0.3 is 0 Å². The molecule has 0 bridgehead atoms. The Morgan fingerprint density at radius 2 is 1.75 bits per heavy atom. The van der Waals surface area contributed by atoms with Crippen molar-refractivity contribution in [3.05, 3.63) is 71.4 Å². The quantitative estimate of drug-likeness (QED) is 0.573. The monoisotopic (exact) mass is 281 g/mol. The lowest BCUT2D eigenvalue weighted by Gasteiger charge is -2.03. The van der Waals surface area contributed by atoms with Gasteiger partial charge in [0, 0.05) is 17.1 Å². The normalized spacial score (nSPS) is 11.1. The molecule has 0 unspecified atom stereocenters. The van der Waals surface area contributed by atoms with Crippen LogP contribution in [0.25, 0.3) is 10.9 Å². The van der Waals surface area contributed by atoms with Crippen LogP contribution in [0.3, 0.4) is 0 Å². The molecule has 1 N–H and O–H groups in total. The average Bonchev–Trinajstić information content (AvgIpc) is 2.51. The van der Waals surface area contributed by atoms with Crippen LogP contribution in [0.2, 0.25) is 5.02 Å². The van der Waals surface area contributed by atoms with E-state index in [1.54, 1.807) is 12.4 Å². The minimum absolute atomic E-state index is 0.661. The Balaban J connectivity index is 1.86. The summed E-state index contributed by atoms with van der Waals surface area (Å²) < 4.78 is 0. The van der Waals surface area contributed by atoms with Gasteiger partial charge in [-0.2, -0.15) is 5.10 Å². The Morgan fingerprint density at radius 3 is 2.60 bits per heavy atom. The molecule has 98 valence electrons. The van der Waals surface area contributed by atoms with Gasteiger partial charge in [0.1, 0.15) is 0 Å². The van der Waals surface area contributed by atoms with Crippen molar-refractivity contribution in [1.29, 1.82) is 0 Å². The number of halogens is 1. The fourth-order valence-electron chi connectivity index (χ4n) is 1.90. The summed E-state index contributed by atoms with van der Waals surface area (Å²) in [4.78, 5) is 4.36. The van der Waals surface area contributed by atoms with Gasteiger partial charge in [0.2, 0.25) is 0 Å². The summed E-state index contributed by atoms with van der Waals surface area (Å²) >= 11 is 6.36. The van der Waals surface area contributed by atoms with E-state index < -0.39 is 0 Å². The molecular weight excluding hydrogens is 270 g/mol. The van der Waals surface area contributed by atoms with Crippen LogP contribution < -0.4 is 5.43 Å². The number of benzene rings is 2. The highest BCUT2D eigenvalue weighted by molar-refractivity contribution is 6.37. The van der Waals surface area contributed by atoms with E-state index in [-0.39, 0.29) is 0 Å². The van der Waals surface area contributed by atoms with Crippen molar-refractivity contribution >= 4 is 34.4 Å². The molecule has 0 amide bonds. The van der Waals surface area contributed by atoms with Gasteiger partial charge in [0.05, 0.1) is 22.4 Å². The molecule has 1 aromatic heterocycles. The van der Waals surface area contributed by atoms with Crippen LogP contribution in [-0.2, 0) is 0 Å². The minimum atomic E-state index is 0.661. The molecule has 0 aliphatic rings. The standard InChI is InChI=1S/C16H12ClN3/c17-16-12(10-18-15-9-5-4-8-14(15)16)11-19-20-13-6-2-1-3-7-13/h1-11,20H/b19-11+. The SMILES string of the molecule is Clc1c(/C=N/Nc2ccccc2)cnc2ccccc12. The molecule has 3 aromatic rings. The summed E-state index contributed by atoms with van der Waals surface area (Å²) in [6.07, 6.45) is 3.40. The zero-order chi connectivity index (χ0) is 13.8. The van der Waals surface area contributed by atoms with E-state index in [1.807, 2.05) is 54.6 Å². The minimum Gasteiger partial charge on any atom is -0.279 e. The van der Waals surface area contributed by atoms with E-state index in [2.05, 4.69) is 15.5 Å². The highest BCUT2D eigenvalue weighted by Gasteiger charge is 2.04. The first-order valence-corrected chi connectivity index (χ1v) is 6.60. The number of anilines is 1. The Morgan fingerprint density at radius 1 is 1.00 bits per heavy atom. The van der Waals surface area contributed by atoms with Crippen LogP contribution in [0.4, 0.5) is 5.69 Å². The van der Waals surface area contributed by atoms with E-state index in [0.29, 0.717) is 5.02 Å². The second-order valence-corrected chi connectivity index (χ2v) is 4.66. The Kier molecular flexibility index (Phi) is 3.61. The summed E-state index contributed by atoms with van der Waals surface area (Å²) in [6, 6.07) is 17.5. The summed E-state index contributed by atoms with van der Waals surface area (Å²) in [5, 5.41) is 5.77. The molecule has 0 fully saturated rings. The van der Waals surface area contributed by atoms with Crippen LogP contribution in [0.5, 0.6) is 0 Å². The summed E-state index contributed by atoms with van der Waals surface area (Å²) in [5.74, 6) is 0. The highest BCUT2D eigenvalue weighted by atomic mass is 35.5. The third kappa shape index (κ3) is 2.63. The summed E-state index contributed by atoms with van der Waals surface area (Å²) in [5.41, 5.74) is 5.54. The van der Waals surface area contributed by atoms with Crippen molar-refractivity contribution in [3.8, 4) is 0 Å². The molecule has 0 aliphatic carbocycles. The zero-order valence-electron chi connectivity index (χ0n) is 10.6. The molecule has 3 rings (SSSR count). The van der Waals surface area contributed by atoms with Crippen molar-refractivity contribution in [3.63, 3.8) is 0 Å². The number of pyridine rings is 1. The van der Waals surface area contributed by atoms with Gasteiger partial charge in [-0.3, -0.25) is 10.4 Å². The average molecular weight is 282 g/mol. The van der Waals surface area contributed by atoms with Gasteiger partial charge in [0.15, 0.2) is 0 Å². The molecule has 20 heavy (non-hydrogen) atoms. The van der Waals surface area contributed by atoms with Gasteiger partial charge in [-0.1, -0.05) is 48.0 Å². The van der Waals surface area contributed by atoms with Crippen LogP contribution in [0, 0.1) is 0 Å². The molecule has 4 heteroatoms. The number of nitrogens with zero attached hydrogens (tertiary/aromatic N) is 2. The fraction of sp³-hybridized carbons (Fsp3) is 0. The van der Waals surface area contributed by atoms with E-state index in [1.165, 1.54) is 0 Å². The number of para-hydroxylation sites is 2. The molecule has 0 saturated carbocycles. The molecular formula is C16H12ClN3. The summed E-state index contributed by atoms with van der Waals surface area (Å²) in [7, 11) is 0. The molecule has 0 radical (unpaired) electrons. The highest BCUT2D eigenvalue weighted by Crippen LogP contribution is 2.24. The third-order valence-corrected chi connectivity index (χ3v) is 3.33. The van der Waals surface area contributed by atoms with Gasteiger partial charge in [0.25, 0.3) is 0 Å². The molecule has 3 nitrogen and oxygen atoms in total. The number of aromatic nitrogens is 1.